The fraction of sp³-hybridized carbons (Fsp3) is 0.667. The Morgan fingerprint density at radius 2 is 1.90 bits per heavy atom. The third-order valence-electron chi connectivity index (χ3n) is 4.53. The van der Waals surface area contributed by atoms with Gasteiger partial charge in [0.25, 0.3) is 0 Å². The first-order chi connectivity index (χ1) is 9.78. The van der Waals surface area contributed by atoms with Crippen molar-refractivity contribution in [2.75, 3.05) is 6.54 Å². The van der Waals surface area contributed by atoms with E-state index in [1.54, 1.807) is 0 Å². The lowest BCUT2D eigenvalue weighted by Crippen LogP contribution is -2.41. The molecule has 3 atom stereocenters. The molecule has 0 radical (unpaired) electrons. The van der Waals surface area contributed by atoms with Gasteiger partial charge in [0.15, 0.2) is 0 Å². The first-order valence-electron chi connectivity index (χ1n) is 7.97. The first-order valence-corrected chi connectivity index (χ1v) is 8.72. The van der Waals surface area contributed by atoms with Crippen molar-refractivity contribution in [1.82, 2.24) is 5.32 Å². The van der Waals surface area contributed by atoms with E-state index in [0.717, 1.165) is 17.5 Å². The minimum Gasteiger partial charge on any atom is -0.312 e. The van der Waals surface area contributed by atoms with E-state index in [4.69, 9.17) is 23.2 Å². The van der Waals surface area contributed by atoms with Crippen LogP contribution in [0.2, 0.25) is 10.0 Å². The summed E-state index contributed by atoms with van der Waals surface area (Å²) in [5.41, 5.74) is 1.39. The molecule has 0 saturated heterocycles. The Kier molecular flexibility index (Phi) is 5.62. The van der Waals surface area contributed by atoms with Gasteiger partial charge in [0.2, 0.25) is 0 Å². The molecule has 0 amide bonds. The van der Waals surface area contributed by atoms with Crippen molar-refractivity contribution < 1.29 is 0 Å². The van der Waals surface area contributed by atoms with Crippen LogP contribution < -0.4 is 5.32 Å². The molecule has 1 aromatic carbocycles. The van der Waals surface area contributed by atoms with Crippen LogP contribution in [0, 0.1) is 11.8 Å². The van der Waals surface area contributed by atoms with E-state index < -0.39 is 0 Å². The van der Waals surface area contributed by atoms with Crippen LogP contribution in [0.4, 0.5) is 0 Å². The molecule has 1 saturated carbocycles. The minimum atomic E-state index is 0.158. The topological polar surface area (TPSA) is 12.0 Å². The van der Waals surface area contributed by atoms with Crippen molar-refractivity contribution in [3.05, 3.63) is 33.8 Å². The summed E-state index contributed by atoms with van der Waals surface area (Å²) in [7, 11) is 0. The predicted molar refractivity (Wildman–Crippen MR) is 93.5 cm³/mol. The van der Waals surface area contributed by atoms with Gasteiger partial charge in [0, 0.05) is 5.54 Å². The highest BCUT2D eigenvalue weighted by Crippen LogP contribution is 2.44. The number of halogens is 2. The lowest BCUT2D eigenvalue weighted by molar-refractivity contribution is 0.227. The number of rotatable bonds is 3. The van der Waals surface area contributed by atoms with Crippen molar-refractivity contribution >= 4 is 23.2 Å². The molecular formula is C18H27Cl2N. The van der Waals surface area contributed by atoms with Crippen LogP contribution in [-0.2, 0) is 0 Å². The van der Waals surface area contributed by atoms with Crippen molar-refractivity contribution in [1.29, 1.82) is 0 Å². The summed E-state index contributed by atoms with van der Waals surface area (Å²) in [4.78, 5) is 0. The molecular weight excluding hydrogens is 301 g/mol. The Hall–Kier alpha value is -0.240. The lowest BCUT2D eigenvalue weighted by atomic mass is 9.71. The van der Waals surface area contributed by atoms with E-state index >= 15 is 0 Å². The number of nitrogens with one attached hydrogen (secondary N) is 1. The van der Waals surface area contributed by atoms with Crippen LogP contribution >= 0.6 is 23.2 Å². The average molecular weight is 328 g/mol. The molecule has 2 rings (SSSR count). The van der Waals surface area contributed by atoms with E-state index in [-0.39, 0.29) is 5.54 Å². The maximum absolute atomic E-state index is 6.48. The fourth-order valence-corrected chi connectivity index (χ4v) is 3.76. The average Bonchev–Trinajstić information content (AvgIpc) is 2.39. The molecule has 21 heavy (non-hydrogen) atoms. The normalized spacial score (nSPS) is 26.9. The van der Waals surface area contributed by atoms with Crippen LogP contribution in [0.15, 0.2) is 18.2 Å². The summed E-state index contributed by atoms with van der Waals surface area (Å²) < 4.78 is 0. The van der Waals surface area contributed by atoms with Crippen molar-refractivity contribution in [2.24, 2.45) is 11.8 Å². The minimum absolute atomic E-state index is 0.158. The zero-order chi connectivity index (χ0) is 15.6. The molecule has 1 aliphatic carbocycles. The second kappa shape index (κ2) is 6.89. The molecule has 0 spiro atoms. The second-order valence-corrected chi connectivity index (χ2v) is 8.34. The fourth-order valence-electron chi connectivity index (χ4n) is 3.31. The third kappa shape index (κ3) is 4.61. The van der Waals surface area contributed by atoms with E-state index in [1.165, 1.54) is 24.8 Å². The van der Waals surface area contributed by atoms with Crippen LogP contribution in [0.1, 0.15) is 58.4 Å². The van der Waals surface area contributed by atoms with E-state index in [9.17, 15) is 0 Å². The van der Waals surface area contributed by atoms with Gasteiger partial charge < -0.3 is 5.32 Å². The van der Waals surface area contributed by atoms with Gasteiger partial charge in [-0.3, -0.25) is 0 Å². The first kappa shape index (κ1) is 17.1. The van der Waals surface area contributed by atoms with Gasteiger partial charge >= 0.3 is 0 Å². The molecule has 3 heteroatoms. The SMILES string of the molecule is CC1CCC(CNC(C)(C)C)C(c2cccc(Cl)c2Cl)C1. The molecule has 3 unspecified atom stereocenters. The largest absolute Gasteiger partial charge is 0.312 e. The van der Waals surface area contributed by atoms with Crippen LogP contribution in [0.25, 0.3) is 0 Å². The predicted octanol–water partition coefficient (Wildman–Crippen LogP) is 5.90. The van der Waals surface area contributed by atoms with Gasteiger partial charge in [0.05, 0.1) is 10.0 Å². The van der Waals surface area contributed by atoms with Crippen LogP contribution in [-0.4, -0.2) is 12.1 Å². The molecule has 1 fully saturated rings. The molecule has 118 valence electrons. The maximum Gasteiger partial charge on any atom is 0.0627 e. The number of hydrogen-bond donors (Lipinski definition) is 1. The molecule has 1 aromatic rings. The standard InChI is InChI=1S/C18H27Cl2N/c1-12-8-9-13(11-21-18(2,3)4)15(10-12)14-6-5-7-16(19)17(14)20/h5-7,12-13,15,21H,8-11H2,1-4H3. The molecule has 0 aromatic heterocycles. The second-order valence-electron chi connectivity index (χ2n) is 7.56. The Labute approximate surface area is 139 Å². The van der Waals surface area contributed by atoms with Crippen molar-refractivity contribution in [3.63, 3.8) is 0 Å². The van der Waals surface area contributed by atoms with E-state index in [2.05, 4.69) is 39.1 Å². The Morgan fingerprint density at radius 3 is 2.57 bits per heavy atom. The van der Waals surface area contributed by atoms with Crippen LogP contribution in [0.5, 0.6) is 0 Å². The highest BCUT2D eigenvalue weighted by Gasteiger charge is 2.32. The van der Waals surface area contributed by atoms with Gasteiger partial charge in [-0.05, 0) is 69.5 Å². The summed E-state index contributed by atoms with van der Waals surface area (Å²) >= 11 is 12.7. The zero-order valence-electron chi connectivity index (χ0n) is 13.5. The van der Waals surface area contributed by atoms with E-state index in [0.29, 0.717) is 16.9 Å². The molecule has 1 aliphatic rings. The monoisotopic (exact) mass is 327 g/mol. The van der Waals surface area contributed by atoms with E-state index in [1.807, 2.05) is 12.1 Å². The maximum atomic E-state index is 6.48. The summed E-state index contributed by atoms with van der Waals surface area (Å²) in [5, 5.41) is 5.09. The van der Waals surface area contributed by atoms with Crippen molar-refractivity contribution in [2.45, 2.75) is 58.4 Å². The molecule has 0 bridgehead atoms. The molecule has 0 heterocycles. The van der Waals surface area contributed by atoms with Crippen LogP contribution in [0.3, 0.4) is 0 Å². The number of benzene rings is 1. The van der Waals surface area contributed by atoms with Gasteiger partial charge in [-0.25, -0.2) is 0 Å². The third-order valence-corrected chi connectivity index (χ3v) is 5.36. The van der Waals surface area contributed by atoms with Crippen molar-refractivity contribution in [3.8, 4) is 0 Å². The van der Waals surface area contributed by atoms with Gasteiger partial charge in [0.1, 0.15) is 0 Å². The highest BCUT2D eigenvalue weighted by atomic mass is 35.5. The molecule has 0 aliphatic heterocycles. The summed E-state index contributed by atoms with van der Waals surface area (Å²) in [6, 6.07) is 6.06. The van der Waals surface area contributed by atoms with Gasteiger partial charge in [-0.1, -0.05) is 48.7 Å². The Morgan fingerprint density at radius 1 is 1.19 bits per heavy atom. The summed E-state index contributed by atoms with van der Waals surface area (Å²) in [6.45, 7) is 10.1. The Balaban J connectivity index is 2.20. The molecule has 1 N–H and O–H groups in total. The highest BCUT2D eigenvalue weighted by molar-refractivity contribution is 6.42. The van der Waals surface area contributed by atoms with Gasteiger partial charge in [-0.2, -0.15) is 0 Å². The molecule has 1 nitrogen and oxygen atoms in total. The lowest BCUT2D eigenvalue weighted by Gasteiger charge is -2.37. The zero-order valence-corrected chi connectivity index (χ0v) is 15.1. The van der Waals surface area contributed by atoms with Gasteiger partial charge in [-0.15, -0.1) is 0 Å². The Bertz CT molecular complexity index is 479. The smallest absolute Gasteiger partial charge is 0.0627 e. The quantitative estimate of drug-likeness (QED) is 0.728. The summed E-state index contributed by atoms with van der Waals surface area (Å²) in [5.74, 6) is 1.90. The number of hydrogen-bond acceptors (Lipinski definition) is 1. The summed E-state index contributed by atoms with van der Waals surface area (Å²) in [6.07, 6.45) is 3.78.